The molecular weight excluding hydrogens is 387 g/mol. The molecule has 4 heterocycles. The minimum Gasteiger partial charge on any atom is -0.368 e. The first kappa shape index (κ1) is 20.0. The second-order valence-electron chi connectivity index (χ2n) is 7.10. The van der Waals surface area contributed by atoms with E-state index in [1.165, 1.54) is 6.07 Å². The van der Waals surface area contributed by atoms with Crippen molar-refractivity contribution in [2.45, 2.75) is 26.0 Å². The first-order valence-electron chi connectivity index (χ1n) is 9.82. The van der Waals surface area contributed by atoms with E-state index in [-0.39, 0.29) is 12.0 Å². The molecule has 1 atom stereocenters. The summed E-state index contributed by atoms with van der Waals surface area (Å²) in [7, 11) is 0. The number of morpholine rings is 1. The summed E-state index contributed by atoms with van der Waals surface area (Å²) in [5.74, 6) is 0.746. The molecule has 0 aliphatic carbocycles. The Morgan fingerprint density at radius 1 is 1.27 bits per heavy atom. The lowest BCUT2D eigenvalue weighted by molar-refractivity contribution is -0.139. The third kappa shape index (κ3) is 4.98. The van der Waals surface area contributed by atoms with Gasteiger partial charge in [0.25, 0.3) is 0 Å². The number of aromatic nitrogens is 4. The Morgan fingerprint density at radius 2 is 2.17 bits per heavy atom. The van der Waals surface area contributed by atoms with Gasteiger partial charge in [0, 0.05) is 25.7 Å². The van der Waals surface area contributed by atoms with E-state index in [0.29, 0.717) is 44.3 Å². The van der Waals surface area contributed by atoms with Crippen molar-refractivity contribution < 1.29 is 13.9 Å². The average Bonchev–Trinajstić information content (AvgIpc) is 3.19. The number of aryl methyl sites for hydroxylation is 2. The van der Waals surface area contributed by atoms with Crippen LogP contribution in [-0.4, -0.2) is 50.3 Å². The summed E-state index contributed by atoms with van der Waals surface area (Å²) >= 11 is 0. The smallest absolute Gasteiger partial charge is 0.224 e. The minimum absolute atomic E-state index is 0.0706. The maximum atomic E-state index is 13.0. The molecule has 0 bridgehead atoms. The molecule has 1 saturated heterocycles. The summed E-state index contributed by atoms with van der Waals surface area (Å²) in [6.45, 7) is 3.94. The zero-order valence-electron chi connectivity index (χ0n) is 16.7. The van der Waals surface area contributed by atoms with Crippen molar-refractivity contribution in [3.05, 3.63) is 66.0 Å². The van der Waals surface area contributed by atoms with Gasteiger partial charge in [-0.3, -0.25) is 9.48 Å². The van der Waals surface area contributed by atoms with Gasteiger partial charge in [0.15, 0.2) is 0 Å². The van der Waals surface area contributed by atoms with Crippen molar-refractivity contribution in [3.8, 4) is 0 Å². The van der Waals surface area contributed by atoms with Crippen LogP contribution in [0.5, 0.6) is 0 Å². The highest BCUT2D eigenvalue weighted by Crippen LogP contribution is 2.23. The van der Waals surface area contributed by atoms with Crippen LogP contribution >= 0.6 is 0 Å². The topological polar surface area (TPSA) is 85.2 Å². The maximum Gasteiger partial charge on any atom is 0.224 e. The number of hydrogen-bond acceptors (Lipinski definition) is 6. The highest BCUT2D eigenvalue weighted by Gasteiger charge is 2.26. The SMILES string of the molecule is Cc1ccn(CCC(=O)N2CCOC(c3cccc(Nc4ccc(F)cn4)n3)C2)n1. The fraction of sp³-hybridized carbons (Fsp3) is 0.333. The molecule has 156 valence electrons. The van der Waals surface area contributed by atoms with E-state index in [4.69, 9.17) is 4.74 Å². The van der Waals surface area contributed by atoms with Crippen molar-refractivity contribution in [1.29, 1.82) is 0 Å². The van der Waals surface area contributed by atoms with Gasteiger partial charge in [-0.05, 0) is 37.3 Å². The molecule has 1 fully saturated rings. The van der Waals surface area contributed by atoms with Crippen LogP contribution in [-0.2, 0) is 16.1 Å². The van der Waals surface area contributed by atoms with Crippen LogP contribution in [0.1, 0.15) is 23.9 Å². The van der Waals surface area contributed by atoms with Crippen LogP contribution in [0.25, 0.3) is 0 Å². The van der Waals surface area contributed by atoms with Gasteiger partial charge >= 0.3 is 0 Å². The average molecular weight is 410 g/mol. The van der Waals surface area contributed by atoms with Crippen LogP contribution in [0, 0.1) is 12.7 Å². The van der Waals surface area contributed by atoms with Crippen molar-refractivity contribution in [2.75, 3.05) is 25.0 Å². The largest absolute Gasteiger partial charge is 0.368 e. The Hall–Kier alpha value is -3.33. The third-order valence-corrected chi connectivity index (χ3v) is 4.83. The fourth-order valence-corrected chi connectivity index (χ4v) is 3.29. The summed E-state index contributed by atoms with van der Waals surface area (Å²) in [4.78, 5) is 23.0. The molecule has 0 radical (unpaired) electrons. The van der Waals surface area contributed by atoms with E-state index >= 15 is 0 Å². The molecule has 1 unspecified atom stereocenters. The summed E-state index contributed by atoms with van der Waals surface area (Å²) < 4.78 is 20.7. The molecule has 9 heteroatoms. The molecule has 1 amide bonds. The number of nitrogens with one attached hydrogen (secondary N) is 1. The summed E-state index contributed by atoms with van der Waals surface area (Å²) in [6.07, 6.45) is 3.10. The van der Waals surface area contributed by atoms with E-state index in [1.807, 2.05) is 36.2 Å². The van der Waals surface area contributed by atoms with Gasteiger partial charge in [-0.15, -0.1) is 0 Å². The number of nitrogens with zero attached hydrogens (tertiary/aromatic N) is 5. The highest BCUT2D eigenvalue weighted by atomic mass is 19.1. The predicted octanol–water partition coefficient (Wildman–Crippen LogP) is 2.85. The van der Waals surface area contributed by atoms with Crippen molar-refractivity contribution in [1.82, 2.24) is 24.6 Å². The Balaban J connectivity index is 1.37. The van der Waals surface area contributed by atoms with Gasteiger partial charge in [-0.2, -0.15) is 5.10 Å². The van der Waals surface area contributed by atoms with Crippen molar-refractivity contribution in [2.24, 2.45) is 0 Å². The van der Waals surface area contributed by atoms with Crippen molar-refractivity contribution >= 4 is 17.5 Å². The molecule has 1 N–H and O–H groups in total. The highest BCUT2D eigenvalue weighted by molar-refractivity contribution is 5.76. The zero-order valence-corrected chi connectivity index (χ0v) is 16.7. The molecule has 30 heavy (non-hydrogen) atoms. The maximum absolute atomic E-state index is 13.0. The molecule has 1 aliphatic rings. The normalized spacial score (nSPS) is 16.5. The molecule has 8 nitrogen and oxygen atoms in total. The summed E-state index contributed by atoms with van der Waals surface area (Å²) in [5.41, 5.74) is 1.66. The fourth-order valence-electron chi connectivity index (χ4n) is 3.29. The monoisotopic (exact) mass is 410 g/mol. The lowest BCUT2D eigenvalue weighted by Gasteiger charge is -2.33. The van der Waals surface area contributed by atoms with E-state index < -0.39 is 5.82 Å². The van der Waals surface area contributed by atoms with Gasteiger partial charge in [0.1, 0.15) is 23.6 Å². The number of hydrogen-bond donors (Lipinski definition) is 1. The van der Waals surface area contributed by atoms with Gasteiger partial charge in [-0.25, -0.2) is 14.4 Å². The Labute approximate surface area is 173 Å². The van der Waals surface area contributed by atoms with Crippen LogP contribution < -0.4 is 5.32 Å². The number of carbonyl (C=O) groups is 1. The number of carbonyl (C=O) groups excluding carboxylic acids is 1. The second kappa shape index (κ2) is 9.00. The van der Waals surface area contributed by atoms with Crippen LogP contribution in [0.3, 0.4) is 0 Å². The predicted molar refractivity (Wildman–Crippen MR) is 109 cm³/mol. The molecule has 3 aromatic rings. The van der Waals surface area contributed by atoms with Gasteiger partial charge in [0.05, 0.1) is 30.7 Å². The molecular formula is C21H23FN6O2. The van der Waals surface area contributed by atoms with E-state index in [2.05, 4.69) is 20.4 Å². The van der Waals surface area contributed by atoms with Crippen LogP contribution in [0.4, 0.5) is 16.0 Å². The number of anilines is 2. The van der Waals surface area contributed by atoms with E-state index in [0.717, 1.165) is 17.6 Å². The number of halogens is 1. The number of pyridine rings is 2. The quantitative estimate of drug-likeness (QED) is 0.673. The Morgan fingerprint density at radius 3 is 2.93 bits per heavy atom. The Kier molecular flexibility index (Phi) is 5.99. The van der Waals surface area contributed by atoms with Crippen molar-refractivity contribution in [3.63, 3.8) is 0 Å². The Bertz CT molecular complexity index is 1010. The van der Waals surface area contributed by atoms with Gasteiger partial charge in [0.2, 0.25) is 5.91 Å². The van der Waals surface area contributed by atoms with E-state index in [9.17, 15) is 9.18 Å². The molecule has 4 rings (SSSR count). The van der Waals surface area contributed by atoms with Crippen LogP contribution in [0.15, 0.2) is 48.8 Å². The zero-order chi connectivity index (χ0) is 20.9. The standard InChI is InChI=1S/C21H23FN6O2/c1-15-7-9-28(26-15)10-8-21(29)27-11-12-30-18(14-27)17-3-2-4-20(24-17)25-19-6-5-16(22)13-23-19/h2-7,9,13,18H,8,10-12,14H2,1H3,(H,23,24,25). The summed E-state index contributed by atoms with van der Waals surface area (Å²) in [6, 6.07) is 10.3. The van der Waals surface area contributed by atoms with Crippen LogP contribution in [0.2, 0.25) is 0 Å². The lowest BCUT2D eigenvalue weighted by Crippen LogP contribution is -2.42. The molecule has 0 saturated carbocycles. The minimum atomic E-state index is -0.398. The third-order valence-electron chi connectivity index (χ3n) is 4.83. The number of amides is 1. The number of ether oxygens (including phenoxy) is 1. The first-order chi connectivity index (χ1) is 14.6. The second-order valence-corrected chi connectivity index (χ2v) is 7.10. The molecule has 0 aromatic carbocycles. The number of rotatable bonds is 6. The van der Waals surface area contributed by atoms with Gasteiger partial charge < -0.3 is 15.0 Å². The summed E-state index contributed by atoms with van der Waals surface area (Å²) in [5, 5.41) is 7.37. The molecule has 1 aliphatic heterocycles. The van der Waals surface area contributed by atoms with Gasteiger partial charge in [-0.1, -0.05) is 6.07 Å². The first-order valence-corrected chi connectivity index (χ1v) is 9.82. The van der Waals surface area contributed by atoms with E-state index in [1.54, 1.807) is 16.8 Å². The molecule has 0 spiro atoms. The lowest BCUT2D eigenvalue weighted by atomic mass is 10.1. The molecule has 3 aromatic heterocycles.